The van der Waals surface area contributed by atoms with E-state index >= 15 is 0 Å². The van der Waals surface area contributed by atoms with Gasteiger partial charge in [0.05, 0.1) is 6.20 Å². The highest BCUT2D eigenvalue weighted by molar-refractivity contribution is 5.89. The van der Waals surface area contributed by atoms with Gasteiger partial charge in [-0.3, -0.25) is 9.48 Å². The normalized spacial score (nSPS) is 15.6. The van der Waals surface area contributed by atoms with Crippen molar-refractivity contribution < 1.29 is 19.4 Å². The summed E-state index contributed by atoms with van der Waals surface area (Å²) in [5.74, 6) is -1.61. The zero-order chi connectivity index (χ0) is 14.6. The number of nitrogens with one attached hydrogen (secondary N) is 1. The molecule has 2 N–H and O–H groups in total. The number of hydrogen-bond donors (Lipinski definition) is 2. The van der Waals surface area contributed by atoms with E-state index in [9.17, 15) is 14.7 Å². The topological polar surface area (TPSA) is 93.4 Å². The van der Waals surface area contributed by atoms with Crippen LogP contribution in [0.15, 0.2) is 12.4 Å². The summed E-state index contributed by atoms with van der Waals surface area (Å²) < 4.78 is 6.62. The molecule has 0 fully saturated rings. The monoisotopic (exact) mass is 269 g/mol. The number of aromatic nitrogens is 2. The fraction of sp³-hybridized carbons (Fsp3) is 0.583. The number of carboxylic acid groups (broad SMARTS) is 1. The Morgan fingerprint density at radius 3 is 2.63 bits per heavy atom. The van der Waals surface area contributed by atoms with Crippen molar-refractivity contribution in [2.75, 3.05) is 7.11 Å². The molecule has 0 aliphatic carbocycles. The van der Waals surface area contributed by atoms with Crippen LogP contribution >= 0.6 is 0 Å². The number of carbonyl (C=O) groups excluding carboxylic acids is 1. The van der Waals surface area contributed by atoms with Crippen molar-refractivity contribution in [1.29, 1.82) is 0 Å². The van der Waals surface area contributed by atoms with Crippen molar-refractivity contribution >= 4 is 11.9 Å². The van der Waals surface area contributed by atoms with Crippen LogP contribution in [0.25, 0.3) is 0 Å². The van der Waals surface area contributed by atoms with Crippen LogP contribution in [0.5, 0.6) is 0 Å². The molecule has 1 aromatic heterocycles. The quantitative estimate of drug-likeness (QED) is 0.783. The van der Waals surface area contributed by atoms with Crippen LogP contribution in [0.1, 0.15) is 31.9 Å². The lowest BCUT2D eigenvalue weighted by molar-refractivity contribution is -0.148. The van der Waals surface area contributed by atoms with Gasteiger partial charge in [0.2, 0.25) is 0 Å². The van der Waals surface area contributed by atoms with E-state index in [-0.39, 0.29) is 0 Å². The van der Waals surface area contributed by atoms with Gasteiger partial charge in [0.15, 0.2) is 6.04 Å². The first-order valence-corrected chi connectivity index (χ1v) is 5.91. The minimum atomic E-state index is -1.14. The zero-order valence-electron chi connectivity index (χ0n) is 11.5. The Morgan fingerprint density at radius 2 is 2.26 bits per heavy atom. The van der Waals surface area contributed by atoms with Gasteiger partial charge in [0, 0.05) is 25.9 Å². The number of hydrogen-bond acceptors (Lipinski definition) is 4. The summed E-state index contributed by atoms with van der Waals surface area (Å²) in [6.07, 6.45) is 3.40. The lowest BCUT2D eigenvalue weighted by Gasteiger charge is -2.27. The molecule has 7 heteroatoms. The van der Waals surface area contributed by atoms with Crippen LogP contribution in [0.4, 0.5) is 0 Å². The molecular weight excluding hydrogens is 250 g/mol. The molecule has 1 aromatic rings. The fourth-order valence-electron chi connectivity index (χ4n) is 1.56. The second kappa shape index (κ2) is 5.83. The van der Waals surface area contributed by atoms with E-state index in [0.29, 0.717) is 12.0 Å². The summed E-state index contributed by atoms with van der Waals surface area (Å²) >= 11 is 0. The molecule has 0 aliphatic rings. The van der Waals surface area contributed by atoms with E-state index < -0.39 is 23.5 Å². The van der Waals surface area contributed by atoms with Gasteiger partial charge in [-0.05, 0) is 13.3 Å². The van der Waals surface area contributed by atoms with Crippen molar-refractivity contribution in [3.63, 3.8) is 0 Å². The molecule has 1 rings (SSSR count). The number of carboxylic acids is 1. The molecule has 7 nitrogen and oxygen atoms in total. The largest absolute Gasteiger partial charge is 0.479 e. The molecule has 0 aromatic carbocycles. The smallest absolute Gasteiger partial charge is 0.331 e. The summed E-state index contributed by atoms with van der Waals surface area (Å²) in [6.45, 7) is 3.41. The third kappa shape index (κ3) is 3.31. The van der Waals surface area contributed by atoms with Gasteiger partial charge < -0.3 is 15.2 Å². The predicted molar refractivity (Wildman–Crippen MR) is 67.4 cm³/mol. The third-order valence-electron chi connectivity index (χ3n) is 3.19. The molecular formula is C12H19N3O4. The van der Waals surface area contributed by atoms with Gasteiger partial charge in [-0.1, -0.05) is 6.92 Å². The zero-order valence-corrected chi connectivity index (χ0v) is 11.5. The molecule has 0 bridgehead atoms. The number of nitrogens with zero attached hydrogens (tertiary/aromatic N) is 2. The van der Waals surface area contributed by atoms with Crippen LogP contribution in [-0.4, -0.2) is 39.5 Å². The van der Waals surface area contributed by atoms with E-state index in [4.69, 9.17) is 4.74 Å². The highest BCUT2D eigenvalue weighted by Gasteiger charge is 2.34. The van der Waals surface area contributed by atoms with Gasteiger partial charge in [-0.2, -0.15) is 5.10 Å². The maximum atomic E-state index is 12.1. The summed E-state index contributed by atoms with van der Waals surface area (Å²) in [6, 6.07) is -1.14. The number of rotatable bonds is 6. The van der Waals surface area contributed by atoms with Crippen LogP contribution in [0.3, 0.4) is 0 Å². The lowest BCUT2D eigenvalue weighted by atomic mass is 10.0. The van der Waals surface area contributed by atoms with Crippen molar-refractivity contribution in [3.8, 4) is 0 Å². The molecule has 1 amide bonds. The van der Waals surface area contributed by atoms with Gasteiger partial charge in [0.1, 0.15) is 5.60 Å². The minimum absolute atomic E-state index is 0.415. The molecule has 2 unspecified atom stereocenters. The molecule has 106 valence electrons. The molecule has 0 saturated heterocycles. The first-order valence-electron chi connectivity index (χ1n) is 5.91. The minimum Gasteiger partial charge on any atom is -0.479 e. The average molecular weight is 269 g/mol. The Hall–Kier alpha value is -1.89. The van der Waals surface area contributed by atoms with E-state index in [1.807, 2.05) is 0 Å². The van der Waals surface area contributed by atoms with Crippen LogP contribution in [-0.2, 0) is 21.4 Å². The Balaban J connectivity index is 2.92. The third-order valence-corrected chi connectivity index (χ3v) is 3.19. The van der Waals surface area contributed by atoms with Crippen molar-refractivity contribution in [1.82, 2.24) is 15.1 Å². The van der Waals surface area contributed by atoms with Crippen molar-refractivity contribution in [2.24, 2.45) is 7.05 Å². The van der Waals surface area contributed by atoms with E-state index in [1.54, 1.807) is 27.1 Å². The Kier molecular flexibility index (Phi) is 4.66. The summed E-state index contributed by atoms with van der Waals surface area (Å²) in [5, 5.41) is 15.6. The first kappa shape index (κ1) is 15.2. The Bertz CT molecular complexity index is 465. The van der Waals surface area contributed by atoms with Crippen LogP contribution in [0.2, 0.25) is 0 Å². The average Bonchev–Trinajstić information content (AvgIpc) is 2.80. The maximum Gasteiger partial charge on any atom is 0.331 e. The number of carbonyl (C=O) groups is 2. The van der Waals surface area contributed by atoms with E-state index in [1.165, 1.54) is 18.0 Å². The summed E-state index contributed by atoms with van der Waals surface area (Å²) in [4.78, 5) is 23.4. The standard InChI is InChI=1S/C12H19N3O4/c1-5-12(2,19-4)11(18)14-9(10(16)17)8-6-13-15(3)7-8/h6-7,9H,5H2,1-4H3,(H,14,18)(H,16,17). The summed E-state index contributed by atoms with van der Waals surface area (Å²) in [7, 11) is 3.10. The predicted octanol–water partition coefficient (Wildman–Crippen LogP) is 0.477. The molecule has 19 heavy (non-hydrogen) atoms. The SMILES string of the molecule is CCC(C)(OC)C(=O)NC(C(=O)O)c1cnn(C)c1. The maximum absolute atomic E-state index is 12.1. The van der Waals surface area contributed by atoms with Gasteiger partial charge >= 0.3 is 5.97 Å². The van der Waals surface area contributed by atoms with Gasteiger partial charge in [-0.15, -0.1) is 0 Å². The highest BCUT2D eigenvalue weighted by Crippen LogP contribution is 2.18. The van der Waals surface area contributed by atoms with Crippen molar-refractivity contribution in [3.05, 3.63) is 18.0 Å². The second-order valence-corrected chi connectivity index (χ2v) is 4.48. The lowest BCUT2D eigenvalue weighted by Crippen LogP contribution is -2.48. The molecule has 1 heterocycles. The van der Waals surface area contributed by atoms with E-state index in [2.05, 4.69) is 10.4 Å². The summed E-state index contributed by atoms with van der Waals surface area (Å²) in [5.41, 5.74) is -0.631. The van der Waals surface area contributed by atoms with Gasteiger partial charge in [-0.25, -0.2) is 4.79 Å². The number of amides is 1. The first-order chi connectivity index (χ1) is 8.84. The second-order valence-electron chi connectivity index (χ2n) is 4.48. The Labute approximate surface area is 111 Å². The van der Waals surface area contributed by atoms with Crippen molar-refractivity contribution in [2.45, 2.75) is 31.9 Å². The number of methoxy groups -OCH3 is 1. The number of aryl methyl sites for hydroxylation is 1. The van der Waals surface area contributed by atoms with E-state index in [0.717, 1.165) is 0 Å². The molecule has 0 spiro atoms. The van der Waals surface area contributed by atoms with Crippen LogP contribution in [0, 0.1) is 0 Å². The molecule has 0 aliphatic heterocycles. The van der Waals surface area contributed by atoms with Crippen LogP contribution < -0.4 is 5.32 Å². The number of aliphatic carboxylic acids is 1. The fourth-order valence-corrected chi connectivity index (χ4v) is 1.56. The molecule has 0 radical (unpaired) electrons. The molecule has 2 atom stereocenters. The number of ether oxygens (including phenoxy) is 1. The Morgan fingerprint density at radius 1 is 1.63 bits per heavy atom. The molecule has 0 saturated carbocycles. The highest BCUT2D eigenvalue weighted by atomic mass is 16.5. The van der Waals surface area contributed by atoms with Gasteiger partial charge in [0.25, 0.3) is 5.91 Å².